The molecule has 0 aromatic heterocycles. The van der Waals surface area contributed by atoms with Gasteiger partial charge in [0.1, 0.15) is 5.41 Å². The van der Waals surface area contributed by atoms with Crippen LogP contribution in [0.4, 0.5) is 0 Å². The predicted octanol–water partition coefficient (Wildman–Crippen LogP) is 2.24. The first-order valence-corrected chi connectivity index (χ1v) is 8.39. The van der Waals surface area contributed by atoms with Gasteiger partial charge in [-0.1, -0.05) is 23.7 Å². The van der Waals surface area contributed by atoms with Crippen LogP contribution in [0.1, 0.15) is 24.8 Å². The molecule has 1 aromatic rings. The number of carboxylic acid groups (broad SMARTS) is 1. The van der Waals surface area contributed by atoms with Crippen LogP contribution in [0.3, 0.4) is 0 Å². The average Bonchev–Trinajstić information content (AvgIpc) is 3.34. The lowest BCUT2D eigenvalue weighted by atomic mass is 10.1. The minimum absolute atomic E-state index is 0.196. The molecule has 2 aliphatic rings. The summed E-state index contributed by atoms with van der Waals surface area (Å²) in [7, 11) is 0. The molecule has 1 aliphatic heterocycles. The number of nitrogens with zero attached hydrogens (tertiary/aromatic N) is 2. The maximum Gasteiger partial charge on any atom is 0.319 e. The van der Waals surface area contributed by atoms with Gasteiger partial charge in [-0.25, -0.2) is 0 Å². The van der Waals surface area contributed by atoms with Crippen molar-refractivity contribution in [1.29, 1.82) is 0 Å². The molecule has 5 nitrogen and oxygen atoms in total. The molecule has 0 atom stereocenters. The van der Waals surface area contributed by atoms with Crippen LogP contribution < -0.4 is 0 Å². The molecule has 1 amide bonds. The van der Waals surface area contributed by atoms with E-state index in [1.165, 1.54) is 5.56 Å². The Kier molecular flexibility index (Phi) is 4.60. The number of aliphatic carboxylic acids is 1. The lowest BCUT2D eigenvalue weighted by molar-refractivity contribution is -0.153. The Labute approximate surface area is 140 Å². The lowest BCUT2D eigenvalue weighted by Gasteiger charge is -2.24. The van der Waals surface area contributed by atoms with Gasteiger partial charge in [0.2, 0.25) is 5.91 Å². The van der Waals surface area contributed by atoms with Crippen LogP contribution in [0.5, 0.6) is 0 Å². The molecule has 1 saturated carbocycles. The van der Waals surface area contributed by atoms with Gasteiger partial charge in [0, 0.05) is 37.7 Å². The van der Waals surface area contributed by atoms with Gasteiger partial charge >= 0.3 is 5.97 Å². The van der Waals surface area contributed by atoms with Crippen molar-refractivity contribution < 1.29 is 14.7 Å². The molecule has 1 aliphatic carbocycles. The summed E-state index contributed by atoms with van der Waals surface area (Å²) in [6, 6.07) is 7.79. The fourth-order valence-corrected chi connectivity index (χ4v) is 3.25. The maximum atomic E-state index is 12.5. The monoisotopic (exact) mass is 336 g/mol. The summed E-state index contributed by atoms with van der Waals surface area (Å²) in [6.07, 6.45) is 1.83. The number of hydrogen-bond donors (Lipinski definition) is 1. The third-order valence-corrected chi connectivity index (χ3v) is 5.02. The Bertz CT molecular complexity index is 598. The van der Waals surface area contributed by atoms with Gasteiger partial charge in [0.15, 0.2) is 0 Å². The van der Waals surface area contributed by atoms with Gasteiger partial charge in [-0.15, -0.1) is 0 Å². The Morgan fingerprint density at radius 2 is 1.78 bits per heavy atom. The van der Waals surface area contributed by atoms with Crippen LogP contribution >= 0.6 is 11.6 Å². The van der Waals surface area contributed by atoms with E-state index >= 15 is 0 Å². The smallest absolute Gasteiger partial charge is 0.319 e. The second-order valence-corrected chi connectivity index (χ2v) is 6.87. The second-order valence-electron chi connectivity index (χ2n) is 6.44. The number of hydrogen-bond acceptors (Lipinski definition) is 3. The van der Waals surface area contributed by atoms with Crippen molar-refractivity contribution in [3.05, 3.63) is 34.9 Å². The summed E-state index contributed by atoms with van der Waals surface area (Å²) in [5.74, 6) is -1.16. The van der Waals surface area contributed by atoms with Crippen molar-refractivity contribution in [3.63, 3.8) is 0 Å². The normalized spacial score (nSPS) is 20.8. The fraction of sp³-hybridized carbons (Fsp3) is 0.529. The summed E-state index contributed by atoms with van der Waals surface area (Å²) in [4.78, 5) is 27.9. The number of benzene rings is 1. The van der Waals surface area contributed by atoms with E-state index in [4.69, 9.17) is 11.6 Å². The fourth-order valence-electron chi connectivity index (χ4n) is 3.13. The zero-order valence-corrected chi connectivity index (χ0v) is 13.8. The third-order valence-electron chi connectivity index (χ3n) is 4.76. The summed E-state index contributed by atoms with van der Waals surface area (Å²) < 4.78 is 0. The van der Waals surface area contributed by atoms with Gasteiger partial charge in [-0.2, -0.15) is 0 Å². The Hall–Kier alpha value is -1.59. The molecule has 23 heavy (non-hydrogen) atoms. The summed E-state index contributed by atoms with van der Waals surface area (Å²) in [6.45, 7) is 3.74. The van der Waals surface area contributed by atoms with Crippen LogP contribution in [-0.2, 0) is 16.1 Å². The van der Waals surface area contributed by atoms with Crippen molar-refractivity contribution >= 4 is 23.5 Å². The molecule has 2 fully saturated rings. The number of carbonyl (C=O) groups excluding carboxylic acids is 1. The van der Waals surface area contributed by atoms with E-state index in [1.54, 1.807) is 4.90 Å². The van der Waals surface area contributed by atoms with Crippen LogP contribution in [0.25, 0.3) is 0 Å². The third kappa shape index (κ3) is 3.51. The maximum absolute atomic E-state index is 12.5. The molecule has 0 unspecified atom stereocenters. The number of rotatable bonds is 4. The first-order chi connectivity index (χ1) is 11.0. The van der Waals surface area contributed by atoms with Crippen molar-refractivity contribution in [1.82, 2.24) is 9.80 Å². The minimum Gasteiger partial charge on any atom is -0.480 e. The summed E-state index contributed by atoms with van der Waals surface area (Å²) >= 11 is 5.90. The van der Waals surface area contributed by atoms with E-state index in [1.807, 2.05) is 24.3 Å². The van der Waals surface area contributed by atoms with E-state index < -0.39 is 11.4 Å². The van der Waals surface area contributed by atoms with Crippen LogP contribution in [-0.4, -0.2) is 53.0 Å². The number of carbonyl (C=O) groups is 2. The number of amides is 1. The first-order valence-electron chi connectivity index (χ1n) is 8.01. The summed E-state index contributed by atoms with van der Waals surface area (Å²) in [5.41, 5.74) is 0.0732. The second kappa shape index (κ2) is 6.49. The Balaban J connectivity index is 1.58. The standard InChI is InChI=1S/C17H21ClN2O3/c18-14-4-2-13(3-5-14)12-19-8-1-9-20(11-10-19)15(21)17(6-7-17)16(22)23/h2-5H,1,6-12H2,(H,22,23). The average molecular weight is 337 g/mol. The highest BCUT2D eigenvalue weighted by molar-refractivity contribution is 6.30. The van der Waals surface area contributed by atoms with Gasteiger partial charge in [-0.05, 0) is 37.0 Å². The molecular formula is C17H21ClN2O3. The van der Waals surface area contributed by atoms with E-state index in [0.29, 0.717) is 25.9 Å². The molecule has 6 heteroatoms. The molecule has 3 rings (SSSR count). The van der Waals surface area contributed by atoms with Crippen molar-refractivity contribution in [3.8, 4) is 0 Å². The van der Waals surface area contributed by atoms with Gasteiger partial charge in [0.05, 0.1) is 0 Å². The highest BCUT2D eigenvalue weighted by Gasteiger charge is 2.58. The van der Waals surface area contributed by atoms with E-state index in [9.17, 15) is 14.7 Å². The minimum atomic E-state index is -1.12. The Morgan fingerprint density at radius 3 is 2.39 bits per heavy atom. The van der Waals surface area contributed by atoms with E-state index in [-0.39, 0.29) is 5.91 Å². The number of halogens is 1. The van der Waals surface area contributed by atoms with Crippen molar-refractivity contribution in [2.24, 2.45) is 5.41 Å². The van der Waals surface area contributed by atoms with Gasteiger partial charge in [-0.3, -0.25) is 14.5 Å². The molecule has 0 radical (unpaired) electrons. The predicted molar refractivity (Wildman–Crippen MR) is 87.2 cm³/mol. The molecule has 0 spiro atoms. The van der Waals surface area contributed by atoms with E-state index in [2.05, 4.69) is 4.90 Å². The quantitative estimate of drug-likeness (QED) is 0.857. The first kappa shape index (κ1) is 16.3. The lowest BCUT2D eigenvalue weighted by Crippen LogP contribution is -2.42. The van der Waals surface area contributed by atoms with Crippen LogP contribution in [0.2, 0.25) is 5.02 Å². The molecule has 1 heterocycles. The van der Waals surface area contributed by atoms with Gasteiger partial charge < -0.3 is 10.0 Å². The molecule has 1 aromatic carbocycles. The van der Waals surface area contributed by atoms with Crippen molar-refractivity contribution in [2.75, 3.05) is 26.2 Å². The molecule has 1 saturated heterocycles. The zero-order valence-electron chi connectivity index (χ0n) is 13.0. The van der Waals surface area contributed by atoms with Gasteiger partial charge in [0.25, 0.3) is 0 Å². The van der Waals surface area contributed by atoms with Crippen LogP contribution in [0, 0.1) is 5.41 Å². The van der Waals surface area contributed by atoms with E-state index in [0.717, 1.165) is 31.1 Å². The molecule has 124 valence electrons. The zero-order chi connectivity index (χ0) is 16.4. The topological polar surface area (TPSA) is 60.9 Å². The SMILES string of the molecule is O=C(O)C1(C(=O)N2CCCN(Cc3ccc(Cl)cc3)CC2)CC1. The Morgan fingerprint density at radius 1 is 1.09 bits per heavy atom. The molecular weight excluding hydrogens is 316 g/mol. The number of carboxylic acids is 1. The molecule has 1 N–H and O–H groups in total. The summed E-state index contributed by atoms with van der Waals surface area (Å²) in [5, 5.41) is 10.0. The van der Waals surface area contributed by atoms with Crippen LogP contribution in [0.15, 0.2) is 24.3 Å². The molecule has 0 bridgehead atoms. The van der Waals surface area contributed by atoms with Crippen molar-refractivity contribution in [2.45, 2.75) is 25.8 Å². The largest absolute Gasteiger partial charge is 0.480 e. The highest BCUT2D eigenvalue weighted by atomic mass is 35.5. The highest BCUT2D eigenvalue weighted by Crippen LogP contribution is 2.47.